The van der Waals surface area contributed by atoms with Gasteiger partial charge in [0, 0.05) is 29.5 Å². The Balaban J connectivity index is 1.45. The first-order valence-corrected chi connectivity index (χ1v) is 13.1. The van der Waals surface area contributed by atoms with Gasteiger partial charge in [-0.25, -0.2) is 20.0 Å². The molecule has 4 aromatic carbocycles. The van der Waals surface area contributed by atoms with Crippen molar-refractivity contribution in [3.05, 3.63) is 126 Å². The summed E-state index contributed by atoms with van der Waals surface area (Å²) in [6.07, 6.45) is 0. The van der Waals surface area contributed by atoms with Crippen LogP contribution in [-0.2, 0) is 0 Å². The van der Waals surface area contributed by atoms with Crippen LogP contribution in [0.25, 0.3) is 11.4 Å². The van der Waals surface area contributed by atoms with Crippen molar-refractivity contribution in [3.8, 4) is 11.4 Å². The first-order chi connectivity index (χ1) is 19.5. The fourth-order valence-electron chi connectivity index (χ4n) is 4.38. The van der Waals surface area contributed by atoms with Crippen LogP contribution >= 0.6 is 0 Å². The van der Waals surface area contributed by atoms with Gasteiger partial charge in [0.15, 0.2) is 29.1 Å². The molecular weight excluding hydrogens is 494 g/mol. The molecule has 40 heavy (non-hydrogen) atoms. The van der Waals surface area contributed by atoms with Crippen molar-refractivity contribution < 1.29 is 0 Å². The minimum Gasteiger partial charge on any atom is -0.337 e. The number of hydrogen-bond acceptors (Lipinski definition) is 5. The van der Waals surface area contributed by atoms with Gasteiger partial charge in [-0.2, -0.15) is 0 Å². The number of aryl methyl sites for hydroxylation is 2. The molecule has 7 nitrogen and oxygen atoms in total. The molecule has 0 aliphatic carbocycles. The molecule has 0 atom stereocenters. The van der Waals surface area contributed by atoms with Crippen LogP contribution in [0, 0.1) is 13.8 Å². The Hall–Kier alpha value is -5.30. The Morgan fingerprint density at radius 1 is 0.700 bits per heavy atom. The molecule has 2 heterocycles. The second-order valence-electron chi connectivity index (χ2n) is 9.71. The lowest BCUT2D eigenvalue weighted by molar-refractivity contribution is 1.15. The lowest BCUT2D eigenvalue weighted by Crippen LogP contribution is -2.19. The van der Waals surface area contributed by atoms with E-state index in [-0.39, 0.29) is 0 Å². The standard InChI is InChI=1S/C33H29N7/c1-22-14-18-26(19-15-22)34-30-31(36-28(35-30)24-10-6-4-7-11-24)38-32-33(40(3)27-20-16-23(2)17-21-27)39-29(37-32)25-12-8-5-9-13-25/h4-21H,1-3H3,(H,37,39)(H,34,35,36,38). The summed E-state index contributed by atoms with van der Waals surface area (Å²) in [5.41, 5.74) is 6.18. The van der Waals surface area contributed by atoms with Crippen LogP contribution in [0.5, 0.6) is 0 Å². The molecule has 2 N–H and O–H groups in total. The zero-order valence-corrected chi connectivity index (χ0v) is 22.6. The van der Waals surface area contributed by atoms with E-state index in [4.69, 9.17) is 20.0 Å². The SMILES string of the molecule is Cc1ccc(NC2=NC(c3ccccc3)=N/C2=N\c2[nH]c(-c3ccccc3)nc2N(C)c2ccc(C)cc2)cc1. The van der Waals surface area contributed by atoms with Crippen molar-refractivity contribution in [2.75, 3.05) is 17.3 Å². The molecular formula is C33H29N7. The molecule has 6 rings (SSSR count). The van der Waals surface area contributed by atoms with E-state index in [9.17, 15) is 0 Å². The number of aromatic amines is 1. The minimum atomic E-state index is 0.473. The lowest BCUT2D eigenvalue weighted by Gasteiger charge is -2.17. The van der Waals surface area contributed by atoms with Crippen molar-refractivity contribution in [1.29, 1.82) is 0 Å². The number of aromatic nitrogens is 2. The number of aliphatic imine (C=N–C) groups is 3. The average molecular weight is 524 g/mol. The summed E-state index contributed by atoms with van der Waals surface area (Å²) in [7, 11) is 1.99. The van der Waals surface area contributed by atoms with Crippen molar-refractivity contribution in [3.63, 3.8) is 0 Å². The number of rotatable bonds is 6. The van der Waals surface area contributed by atoms with Crippen LogP contribution in [0.1, 0.15) is 16.7 Å². The summed E-state index contributed by atoms with van der Waals surface area (Å²) in [6.45, 7) is 4.14. The van der Waals surface area contributed by atoms with Gasteiger partial charge in [-0.05, 0) is 38.1 Å². The molecule has 0 spiro atoms. The number of hydrogen-bond donors (Lipinski definition) is 2. The monoisotopic (exact) mass is 523 g/mol. The predicted molar refractivity (Wildman–Crippen MR) is 166 cm³/mol. The zero-order valence-electron chi connectivity index (χ0n) is 22.6. The summed E-state index contributed by atoms with van der Waals surface area (Å²) < 4.78 is 0. The third kappa shape index (κ3) is 5.31. The second-order valence-corrected chi connectivity index (χ2v) is 9.71. The molecule has 7 heteroatoms. The van der Waals surface area contributed by atoms with Gasteiger partial charge in [0.1, 0.15) is 5.82 Å². The summed E-state index contributed by atoms with van der Waals surface area (Å²) in [6, 6.07) is 36.5. The average Bonchev–Trinajstić information content (AvgIpc) is 3.60. The Morgan fingerprint density at radius 2 is 1.30 bits per heavy atom. The van der Waals surface area contributed by atoms with Gasteiger partial charge in [0.05, 0.1) is 0 Å². The molecule has 0 amide bonds. The maximum absolute atomic E-state index is 5.02. The summed E-state index contributed by atoms with van der Waals surface area (Å²) in [5.74, 6) is 3.65. The van der Waals surface area contributed by atoms with Gasteiger partial charge in [-0.1, -0.05) is 96.1 Å². The molecule has 0 fully saturated rings. The van der Waals surface area contributed by atoms with Crippen LogP contribution in [0.2, 0.25) is 0 Å². The highest BCUT2D eigenvalue weighted by Crippen LogP contribution is 2.34. The van der Waals surface area contributed by atoms with Crippen LogP contribution in [0.4, 0.5) is 23.0 Å². The quantitative estimate of drug-likeness (QED) is 0.242. The van der Waals surface area contributed by atoms with Crippen LogP contribution in [0.15, 0.2) is 124 Å². The maximum atomic E-state index is 5.02. The topological polar surface area (TPSA) is 81.0 Å². The van der Waals surface area contributed by atoms with Crippen LogP contribution in [-0.4, -0.2) is 34.5 Å². The Labute approximate surface area is 233 Å². The minimum absolute atomic E-state index is 0.473. The van der Waals surface area contributed by atoms with Gasteiger partial charge in [-0.15, -0.1) is 0 Å². The number of imidazole rings is 1. The zero-order chi connectivity index (χ0) is 27.5. The molecule has 0 saturated heterocycles. The van der Waals surface area contributed by atoms with E-state index in [2.05, 4.69) is 60.5 Å². The molecule has 196 valence electrons. The second kappa shape index (κ2) is 10.8. The van der Waals surface area contributed by atoms with E-state index >= 15 is 0 Å². The number of H-pyrrole nitrogens is 1. The van der Waals surface area contributed by atoms with Gasteiger partial charge < -0.3 is 15.2 Å². The number of nitrogens with one attached hydrogen (secondary N) is 2. The van der Waals surface area contributed by atoms with E-state index in [1.165, 1.54) is 11.1 Å². The fraction of sp³-hybridized carbons (Fsp3) is 0.0909. The highest BCUT2D eigenvalue weighted by molar-refractivity contribution is 6.51. The maximum Gasteiger partial charge on any atom is 0.199 e. The first-order valence-electron chi connectivity index (χ1n) is 13.1. The highest BCUT2D eigenvalue weighted by Gasteiger charge is 2.23. The predicted octanol–water partition coefficient (Wildman–Crippen LogP) is 7.46. The number of nitrogens with zero attached hydrogens (tertiary/aromatic N) is 5. The molecule has 1 aromatic heterocycles. The van der Waals surface area contributed by atoms with Crippen LogP contribution in [0.3, 0.4) is 0 Å². The lowest BCUT2D eigenvalue weighted by atomic mass is 10.2. The molecule has 5 aromatic rings. The highest BCUT2D eigenvalue weighted by atomic mass is 15.2. The number of anilines is 3. The van der Waals surface area contributed by atoms with Crippen molar-refractivity contribution in [2.24, 2.45) is 15.0 Å². The molecule has 0 radical (unpaired) electrons. The Bertz CT molecular complexity index is 1710. The normalized spacial score (nSPS) is 13.7. The number of benzene rings is 4. The van der Waals surface area contributed by atoms with E-state index < -0.39 is 0 Å². The van der Waals surface area contributed by atoms with Crippen molar-refractivity contribution in [1.82, 2.24) is 9.97 Å². The summed E-state index contributed by atoms with van der Waals surface area (Å²) >= 11 is 0. The third-order valence-corrected chi connectivity index (χ3v) is 6.66. The molecule has 0 saturated carbocycles. The summed E-state index contributed by atoms with van der Waals surface area (Å²) in [5, 5.41) is 3.42. The smallest absolute Gasteiger partial charge is 0.199 e. The number of amidine groups is 3. The molecule has 0 unspecified atom stereocenters. The van der Waals surface area contributed by atoms with Crippen molar-refractivity contribution >= 4 is 40.5 Å². The van der Waals surface area contributed by atoms with Gasteiger partial charge in [0.2, 0.25) is 0 Å². The van der Waals surface area contributed by atoms with Gasteiger partial charge in [0.25, 0.3) is 0 Å². The van der Waals surface area contributed by atoms with Gasteiger partial charge >= 0.3 is 0 Å². The molecule has 1 aliphatic heterocycles. The van der Waals surface area contributed by atoms with E-state index in [1.54, 1.807) is 0 Å². The Kier molecular flexibility index (Phi) is 6.77. The van der Waals surface area contributed by atoms with Crippen molar-refractivity contribution in [2.45, 2.75) is 13.8 Å². The molecule has 0 bridgehead atoms. The summed E-state index contributed by atoms with van der Waals surface area (Å²) in [4.78, 5) is 25.1. The van der Waals surface area contributed by atoms with Crippen LogP contribution < -0.4 is 10.2 Å². The largest absolute Gasteiger partial charge is 0.337 e. The van der Waals surface area contributed by atoms with Gasteiger partial charge in [-0.3, -0.25) is 0 Å². The molecule has 1 aliphatic rings. The third-order valence-electron chi connectivity index (χ3n) is 6.66. The van der Waals surface area contributed by atoms with E-state index in [1.807, 2.05) is 84.7 Å². The van der Waals surface area contributed by atoms with E-state index in [0.717, 1.165) is 28.3 Å². The van der Waals surface area contributed by atoms with E-state index in [0.29, 0.717) is 29.1 Å². The Morgan fingerprint density at radius 3 is 1.95 bits per heavy atom. The first kappa shape index (κ1) is 25.0. The fourth-order valence-corrected chi connectivity index (χ4v) is 4.38.